The molecule has 4 atom stereocenters. The van der Waals surface area contributed by atoms with Crippen LogP contribution in [0.5, 0.6) is 5.75 Å². The van der Waals surface area contributed by atoms with Crippen LogP contribution in [0.15, 0.2) is 30.3 Å². The average Bonchev–Trinajstić information content (AvgIpc) is 2.93. The summed E-state index contributed by atoms with van der Waals surface area (Å²) >= 11 is 0. The number of aromatic hydroxyl groups is 1. The summed E-state index contributed by atoms with van der Waals surface area (Å²) < 4.78 is 18.0. The number of phenols is 1. The van der Waals surface area contributed by atoms with Gasteiger partial charge in [0.2, 0.25) is 0 Å². The number of aliphatic hydroxyl groups is 2. The van der Waals surface area contributed by atoms with Crippen LogP contribution in [-0.4, -0.2) is 57.3 Å². The second kappa shape index (κ2) is 7.18. The van der Waals surface area contributed by atoms with E-state index >= 15 is 0 Å². The molecule has 0 amide bonds. The van der Waals surface area contributed by atoms with E-state index in [2.05, 4.69) is 0 Å². The molecule has 2 heterocycles. The number of methoxy groups -OCH3 is 1. The zero-order valence-electron chi connectivity index (χ0n) is 17.2. The normalized spacial score (nSPS) is 33.2. The maximum Gasteiger partial charge on any atom is 0.164 e. The summed E-state index contributed by atoms with van der Waals surface area (Å²) in [5.41, 5.74) is 0.838. The van der Waals surface area contributed by atoms with Crippen molar-refractivity contribution in [1.29, 1.82) is 0 Å². The van der Waals surface area contributed by atoms with Gasteiger partial charge in [0.1, 0.15) is 11.4 Å². The zero-order valence-corrected chi connectivity index (χ0v) is 17.2. The van der Waals surface area contributed by atoms with Crippen molar-refractivity contribution >= 4 is 10.9 Å². The molecule has 29 heavy (non-hydrogen) atoms. The largest absolute Gasteiger partial charge is 0.508 e. The smallest absolute Gasteiger partial charge is 0.164 e. The van der Waals surface area contributed by atoms with E-state index in [4.69, 9.17) is 19.2 Å². The van der Waals surface area contributed by atoms with Crippen molar-refractivity contribution in [3.63, 3.8) is 0 Å². The fourth-order valence-corrected chi connectivity index (χ4v) is 4.71. The van der Waals surface area contributed by atoms with E-state index in [0.717, 1.165) is 11.1 Å². The maximum absolute atomic E-state index is 10.4. The molecule has 3 N–H and O–H groups in total. The standard InChI is InChI=1S/C22H29NO6/c1-12(16-8-6-13-5-7-14(24)9-17(13)23-16)18-19(28-21(2,3)26)22(10-15(25)11-22)29-20(18)27-4/h5-9,12,15,18-20,24-26H,10-11H2,1-4H3/t12?,15-,18-,19+,20-,22+/m1/s1. The number of hydrogen-bond acceptors (Lipinski definition) is 7. The summed E-state index contributed by atoms with van der Waals surface area (Å²) in [4.78, 5) is 4.75. The van der Waals surface area contributed by atoms with Gasteiger partial charge in [-0.25, -0.2) is 0 Å². The number of nitrogens with zero attached hydrogens (tertiary/aromatic N) is 1. The molecule has 7 nitrogen and oxygen atoms in total. The van der Waals surface area contributed by atoms with Crippen LogP contribution in [0.1, 0.15) is 45.2 Å². The van der Waals surface area contributed by atoms with Gasteiger partial charge in [0.25, 0.3) is 0 Å². The number of hydrogen-bond donors (Lipinski definition) is 3. The number of pyridine rings is 1. The van der Waals surface area contributed by atoms with Crippen LogP contribution in [0.3, 0.4) is 0 Å². The number of benzene rings is 1. The lowest BCUT2D eigenvalue weighted by molar-refractivity contribution is -0.270. The van der Waals surface area contributed by atoms with E-state index in [1.165, 1.54) is 0 Å². The van der Waals surface area contributed by atoms with Gasteiger partial charge in [-0.3, -0.25) is 4.98 Å². The van der Waals surface area contributed by atoms with E-state index in [9.17, 15) is 15.3 Å². The van der Waals surface area contributed by atoms with Gasteiger partial charge in [0.15, 0.2) is 12.1 Å². The van der Waals surface area contributed by atoms with Gasteiger partial charge < -0.3 is 29.5 Å². The molecule has 1 unspecified atom stereocenters. The maximum atomic E-state index is 10.4. The number of aliphatic hydroxyl groups excluding tert-OH is 1. The lowest BCUT2D eigenvalue weighted by atomic mass is 9.69. The quantitative estimate of drug-likeness (QED) is 0.660. The molecule has 158 valence electrons. The average molecular weight is 403 g/mol. The van der Waals surface area contributed by atoms with Crippen LogP contribution in [-0.2, 0) is 14.2 Å². The Bertz CT molecular complexity index is 888. The molecular weight excluding hydrogens is 374 g/mol. The molecule has 0 radical (unpaired) electrons. The Morgan fingerprint density at radius 1 is 1.24 bits per heavy atom. The van der Waals surface area contributed by atoms with Gasteiger partial charge >= 0.3 is 0 Å². The fourth-order valence-electron chi connectivity index (χ4n) is 4.71. The van der Waals surface area contributed by atoms with Crippen molar-refractivity contribution < 1.29 is 29.5 Å². The first-order valence-corrected chi connectivity index (χ1v) is 10.0. The third-order valence-corrected chi connectivity index (χ3v) is 6.08. The second-order valence-corrected chi connectivity index (χ2v) is 8.81. The highest BCUT2D eigenvalue weighted by Crippen LogP contribution is 2.54. The van der Waals surface area contributed by atoms with Crippen LogP contribution in [0.2, 0.25) is 0 Å². The Labute approximate surface area is 170 Å². The van der Waals surface area contributed by atoms with E-state index < -0.39 is 29.9 Å². The highest BCUT2D eigenvalue weighted by atomic mass is 16.7. The van der Waals surface area contributed by atoms with Crippen molar-refractivity contribution in [2.24, 2.45) is 5.92 Å². The minimum absolute atomic E-state index is 0.115. The molecule has 2 aliphatic rings. The number of aromatic nitrogens is 1. The molecule has 4 rings (SSSR count). The van der Waals surface area contributed by atoms with Crippen LogP contribution in [0.25, 0.3) is 10.9 Å². The van der Waals surface area contributed by atoms with Crippen molar-refractivity contribution in [2.75, 3.05) is 7.11 Å². The van der Waals surface area contributed by atoms with E-state index in [1.54, 1.807) is 33.1 Å². The fraction of sp³-hybridized carbons (Fsp3) is 0.591. The Hall–Kier alpha value is -1.77. The molecule has 1 aliphatic heterocycles. The number of ether oxygens (including phenoxy) is 3. The summed E-state index contributed by atoms with van der Waals surface area (Å²) in [6, 6.07) is 9.03. The minimum Gasteiger partial charge on any atom is -0.508 e. The first kappa shape index (κ1) is 20.5. The van der Waals surface area contributed by atoms with E-state index in [1.807, 2.05) is 25.1 Å². The lowest BCUT2D eigenvalue weighted by Crippen LogP contribution is -2.57. The van der Waals surface area contributed by atoms with Gasteiger partial charge in [0.05, 0.1) is 17.7 Å². The number of rotatable bonds is 5. The Kier molecular flexibility index (Phi) is 5.07. The van der Waals surface area contributed by atoms with Crippen molar-refractivity contribution in [3.8, 4) is 5.75 Å². The van der Waals surface area contributed by atoms with Crippen molar-refractivity contribution in [1.82, 2.24) is 4.98 Å². The molecular formula is C22H29NO6. The highest BCUT2D eigenvalue weighted by Gasteiger charge is 2.64. The van der Waals surface area contributed by atoms with Crippen LogP contribution in [0.4, 0.5) is 0 Å². The van der Waals surface area contributed by atoms with E-state index in [0.29, 0.717) is 18.4 Å². The third kappa shape index (κ3) is 3.73. The lowest BCUT2D eigenvalue weighted by Gasteiger charge is -2.47. The van der Waals surface area contributed by atoms with Crippen LogP contribution >= 0.6 is 0 Å². The molecule has 2 fully saturated rings. The molecule has 1 saturated carbocycles. The monoisotopic (exact) mass is 403 g/mol. The first-order chi connectivity index (χ1) is 13.6. The van der Waals surface area contributed by atoms with Gasteiger partial charge in [-0.15, -0.1) is 0 Å². The molecule has 1 saturated heterocycles. The number of phenolic OH excluding ortho intramolecular Hbond substituents is 1. The molecule has 2 aromatic rings. The van der Waals surface area contributed by atoms with E-state index in [-0.39, 0.29) is 17.6 Å². The van der Waals surface area contributed by atoms with Crippen LogP contribution in [0, 0.1) is 5.92 Å². The predicted octanol–water partition coefficient (Wildman–Crippen LogP) is 2.67. The molecule has 1 aromatic heterocycles. The number of fused-ring (bicyclic) bond motifs is 1. The minimum atomic E-state index is -1.36. The molecule has 1 aromatic carbocycles. The highest BCUT2D eigenvalue weighted by molar-refractivity contribution is 5.80. The predicted molar refractivity (Wildman–Crippen MR) is 106 cm³/mol. The molecule has 0 bridgehead atoms. The summed E-state index contributed by atoms with van der Waals surface area (Å²) in [5.74, 6) is -1.54. The summed E-state index contributed by atoms with van der Waals surface area (Å²) in [6.07, 6.45) is -0.582. The summed E-state index contributed by atoms with van der Waals surface area (Å²) in [5, 5.41) is 31.1. The summed E-state index contributed by atoms with van der Waals surface area (Å²) in [6.45, 7) is 5.22. The summed E-state index contributed by atoms with van der Waals surface area (Å²) in [7, 11) is 1.59. The van der Waals surface area contributed by atoms with Crippen molar-refractivity contribution in [3.05, 3.63) is 36.0 Å². The van der Waals surface area contributed by atoms with Crippen molar-refractivity contribution in [2.45, 2.75) is 69.4 Å². The Morgan fingerprint density at radius 2 is 1.93 bits per heavy atom. The SMILES string of the molecule is CO[C@@H]1O[C@]2(C[C@@H](O)C2)[C@@H](OC(C)(C)O)[C@H]1C(C)c1ccc2ccc(O)cc2n1. The van der Waals surface area contributed by atoms with Crippen LogP contribution < -0.4 is 0 Å². The van der Waals surface area contributed by atoms with Gasteiger partial charge in [-0.2, -0.15) is 0 Å². The second-order valence-electron chi connectivity index (χ2n) is 8.81. The van der Waals surface area contributed by atoms with Gasteiger partial charge in [0, 0.05) is 48.9 Å². The van der Waals surface area contributed by atoms with Gasteiger partial charge in [-0.05, 0) is 32.0 Å². The first-order valence-electron chi connectivity index (χ1n) is 10.0. The molecule has 1 spiro atoms. The third-order valence-electron chi connectivity index (χ3n) is 6.08. The Morgan fingerprint density at radius 3 is 2.55 bits per heavy atom. The van der Waals surface area contributed by atoms with Gasteiger partial charge in [-0.1, -0.05) is 13.0 Å². The topological polar surface area (TPSA) is 101 Å². The Balaban J connectivity index is 1.71. The zero-order chi connectivity index (χ0) is 21.0. The molecule has 1 aliphatic carbocycles. The molecule has 7 heteroatoms.